The summed E-state index contributed by atoms with van der Waals surface area (Å²) >= 11 is 0. The molecule has 0 aromatic rings. The van der Waals surface area contributed by atoms with Crippen LogP contribution in [0.25, 0.3) is 0 Å². The van der Waals surface area contributed by atoms with E-state index in [1.54, 1.807) is 0 Å². The van der Waals surface area contributed by atoms with Gasteiger partial charge in [-0.3, -0.25) is 0 Å². The molecule has 13 heavy (non-hydrogen) atoms. The van der Waals surface area contributed by atoms with Crippen molar-refractivity contribution in [1.29, 1.82) is 0 Å². The molecule has 1 saturated heterocycles. The van der Waals surface area contributed by atoms with Crippen molar-refractivity contribution in [3.63, 3.8) is 0 Å². The minimum Gasteiger partial charge on any atom is -0.396 e. The number of nitrogens with two attached hydrogens (primary N) is 1. The molecule has 3 N–H and O–H groups in total. The first-order valence-electron chi connectivity index (χ1n) is 5.14. The van der Waals surface area contributed by atoms with Crippen LogP contribution in [0.5, 0.6) is 0 Å². The number of aliphatic hydroxyl groups excluding tert-OH is 1. The Kier molecular flexibility index (Phi) is 4.16. The van der Waals surface area contributed by atoms with Gasteiger partial charge in [-0.15, -0.1) is 0 Å². The van der Waals surface area contributed by atoms with E-state index < -0.39 is 0 Å². The zero-order valence-electron chi connectivity index (χ0n) is 8.46. The van der Waals surface area contributed by atoms with Gasteiger partial charge in [0.2, 0.25) is 0 Å². The van der Waals surface area contributed by atoms with Gasteiger partial charge in [0.05, 0.1) is 0 Å². The molecule has 1 fully saturated rings. The number of aliphatic hydroxyl groups is 1. The van der Waals surface area contributed by atoms with Gasteiger partial charge in [-0.05, 0) is 38.5 Å². The molecule has 0 spiro atoms. The molecule has 3 heteroatoms. The van der Waals surface area contributed by atoms with Crippen LogP contribution in [0.15, 0.2) is 0 Å². The molecule has 0 bridgehead atoms. The van der Waals surface area contributed by atoms with Gasteiger partial charge in [0.1, 0.15) is 0 Å². The van der Waals surface area contributed by atoms with E-state index in [1.807, 2.05) is 0 Å². The molecule has 3 nitrogen and oxygen atoms in total. The Morgan fingerprint density at radius 2 is 2.08 bits per heavy atom. The van der Waals surface area contributed by atoms with E-state index in [2.05, 4.69) is 6.92 Å². The van der Waals surface area contributed by atoms with Crippen LogP contribution in [-0.4, -0.2) is 30.5 Å². The lowest BCUT2D eigenvalue weighted by atomic mass is 9.78. The minimum atomic E-state index is -0.119. The normalized spacial score (nSPS) is 24.2. The van der Waals surface area contributed by atoms with Crippen molar-refractivity contribution in [2.24, 2.45) is 11.7 Å². The molecule has 0 aliphatic carbocycles. The second-order valence-electron chi connectivity index (χ2n) is 4.22. The van der Waals surface area contributed by atoms with Gasteiger partial charge in [0.15, 0.2) is 0 Å². The molecule has 1 aliphatic heterocycles. The Bertz CT molecular complexity index is 142. The quantitative estimate of drug-likeness (QED) is 0.687. The summed E-state index contributed by atoms with van der Waals surface area (Å²) in [6.07, 6.45) is 3.86. The van der Waals surface area contributed by atoms with E-state index in [-0.39, 0.29) is 12.1 Å². The topological polar surface area (TPSA) is 55.5 Å². The first-order valence-corrected chi connectivity index (χ1v) is 5.14. The van der Waals surface area contributed by atoms with Gasteiger partial charge in [-0.2, -0.15) is 0 Å². The maximum absolute atomic E-state index is 8.75. The minimum absolute atomic E-state index is 0.119. The molecule has 1 heterocycles. The lowest BCUT2D eigenvalue weighted by Crippen LogP contribution is -2.46. The van der Waals surface area contributed by atoms with Gasteiger partial charge in [-0.1, -0.05) is 0 Å². The Morgan fingerprint density at radius 3 is 2.62 bits per heavy atom. The zero-order valence-corrected chi connectivity index (χ0v) is 8.46. The monoisotopic (exact) mass is 187 g/mol. The molecule has 0 aromatic heterocycles. The van der Waals surface area contributed by atoms with Crippen LogP contribution in [0.3, 0.4) is 0 Å². The summed E-state index contributed by atoms with van der Waals surface area (Å²) in [6, 6.07) is 0. The summed E-state index contributed by atoms with van der Waals surface area (Å²) < 4.78 is 5.29. The van der Waals surface area contributed by atoms with Crippen LogP contribution in [0.2, 0.25) is 0 Å². The second-order valence-corrected chi connectivity index (χ2v) is 4.22. The zero-order chi connectivity index (χ0) is 9.73. The lowest BCUT2D eigenvalue weighted by molar-refractivity contribution is 0.0386. The Balaban J connectivity index is 2.36. The molecule has 0 radical (unpaired) electrons. The van der Waals surface area contributed by atoms with Crippen LogP contribution >= 0.6 is 0 Å². The third kappa shape index (κ3) is 3.25. The molecule has 1 unspecified atom stereocenters. The number of ether oxygens (including phenoxy) is 1. The van der Waals surface area contributed by atoms with Gasteiger partial charge in [0.25, 0.3) is 0 Å². The average Bonchev–Trinajstić information content (AvgIpc) is 2.16. The van der Waals surface area contributed by atoms with E-state index in [0.717, 1.165) is 38.9 Å². The molecule has 1 rings (SSSR count). The highest BCUT2D eigenvalue weighted by Gasteiger charge is 2.30. The molecule has 1 aliphatic rings. The van der Waals surface area contributed by atoms with Crippen LogP contribution in [0.1, 0.15) is 32.6 Å². The fourth-order valence-corrected chi connectivity index (χ4v) is 2.02. The number of hydrogen-bond donors (Lipinski definition) is 2. The summed E-state index contributed by atoms with van der Waals surface area (Å²) in [5, 5.41) is 8.75. The molecular formula is C10H21NO2. The summed E-state index contributed by atoms with van der Waals surface area (Å²) in [5.74, 6) is 0.563. The highest BCUT2D eigenvalue weighted by molar-refractivity contribution is 4.87. The summed E-state index contributed by atoms with van der Waals surface area (Å²) in [7, 11) is 0. The molecule has 1 atom stereocenters. The van der Waals surface area contributed by atoms with E-state index in [0.29, 0.717) is 5.92 Å². The fourth-order valence-electron chi connectivity index (χ4n) is 2.02. The van der Waals surface area contributed by atoms with Crippen LogP contribution in [-0.2, 0) is 4.74 Å². The van der Waals surface area contributed by atoms with Crippen molar-refractivity contribution in [3.8, 4) is 0 Å². The van der Waals surface area contributed by atoms with Crippen molar-refractivity contribution in [2.45, 2.75) is 38.1 Å². The molecular weight excluding hydrogens is 166 g/mol. The predicted octanol–water partition coefficient (Wildman–Crippen LogP) is 0.903. The number of hydrogen-bond acceptors (Lipinski definition) is 3. The van der Waals surface area contributed by atoms with Crippen LogP contribution < -0.4 is 5.73 Å². The Morgan fingerprint density at radius 1 is 1.46 bits per heavy atom. The Labute approximate surface area is 80.3 Å². The van der Waals surface area contributed by atoms with E-state index in [1.165, 1.54) is 0 Å². The maximum Gasteiger partial charge on any atom is 0.0469 e. The Hall–Kier alpha value is -0.120. The van der Waals surface area contributed by atoms with Crippen LogP contribution in [0.4, 0.5) is 0 Å². The van der Waals surface area contributed by atoms with Crippen molar-refractivity contribution in [2.75, 3.05) is 19.8 Å². The highest BCUT2D eigenvalue weighted by atomic mass is 16.5. The average molecular weight is 187 g/mol. The summed E-state index contributed by atoms with van der Waals surface area (Å²) in [6.45, 7) is 4.03. The first kappa shape index (κ1) is 11.0. The smallest absolute Gasteiger partial charge is 0.0469 e. The summed E-state index contributed by atoms with van der Waals surface area (Å²) in [5.41, 5.74) is 6.09. The SMILES string of the molecule is CC(N)(CCCO)C1CCOCC1. The van der Waals surface area contributed by atoms with Gasteiger partial charge in [0, 0.05) is 25.4 Å². The van der Waals surface area contributed by atoms with Crippen molar-refractivity contribution >= 4 is 0 Å². The molecule has 0 aromatic carbocycles. The van der Waals surface area contributed by atoms with Gasteiger partial charge in [-0.25, -0.2) is 0 Å². The van der Waals surface area contributed by atoms with Crippen molar-refractivity contribution in [3.05, 3.63) is 0 Å². The van der Waals surface area contributed by atoms with Crippen molar-refractivity contribution < 1.29 is 9.84 Å². The third-order valence-corrected chi connectivity index (χ3v) is 3.03. The summed E-state index contributed by atoms with van der Waals surface area (Å²) in [4.78, 5) is 0. The van der Waals surface area contributed by atoms with E-state index in [9.17, 15) is 0 Å². The van der Waals surface area contributed by atoms with E-state index >= 15 is 0 Å². The maximum atomic E-state index is 8.75. The first-order chi connectivity index (χ1) is 6.17. The van der Waals surface area contributed by atoms with E-state index in [4.69, 9.17) is 15.6 Å². The van der Waals surface area contributed by atoms with Gasteiger partial charge < -0.3 is 15.6 Å². The standard InChI is InChI=1S/C10H21NO2/c1-10(11,5-2-6-12)9-3-7-13-8-4-9/h9,12H,2-8,11H2,1H3. The molecule has 0 amide bonds. The van der Waals surface area contributed by atoms with Crippen molar-refractivity contribution in [1.82, 2.24) is 0 Å². The highest BCUT2D eigenvalue weighted by Crippen LogP contribution is 2.28. The molecule has 78 valence electrons. The second kappa shape index (κ2) is 4.94. The third-order valence-electron chi connectivity index (χ3n) is 3.03. The largest absolute Gasteiger partial charge is 0.396 e. The number of rotatable bonds is 4. The lowest BCUT2D eigenvalue weighted by Gasteiger charge is -2.36. The fraction of sp³-hybridized carbons (Fsp3) is 1.00. The van der Waals surface area contributed by atoms with Crippen LogP contribution in [0, 0.1) is 5.92 Å². The van der Waals surface area contributed by atoms with Gasteiger partial charge >= 0.3 is 0 Å². The molecule has 0 saturated carbocycles. The predicted molar refractivity (Wildman–Crippen MR) is 52.5 cm³/mol.